The monoisotopic (exact) mass is 453 g/mol. The van der Waals surface area contributed by atoms with Gasteiger partial charge in [-0.05, 0) is 43.1 Å². The minimum absolute atomic E-state index is 0.0851. The zero-order valence-corrected chi connectivity index (χ0v) is 19.3. The molecule has 2 atom stereocenters. The molecule has 0 bridgehead atoms. The molecule has 176 valence electrons. The smallest absolute Gasteiger partial charge is 0.315 e. The standard InChI is InChI=1S/C23H31N7O3/c1-13-4-5-18(23(13,2)3)27-19-16(20(24)31)11-25-30-12-14(10-17(19)30)21-28-29-22(33-21)26-15-6-8-32-9-7-15/h10-13,15,18,27H,4-9H2,1-3H3,(H2,24,31)(H,26,29). The van der Waals surface area contributed by atoms with Crippen molar-refractivity contribution in [3.8, 4) is 11.5 Å². The average Bonchev–Trinajstić information content (AvgIpc) is 3.48. The van der Waals surface area contributed by atoms with Crippen LogP contribution in [0.4, 0.5) is 11.7 Å². The number of anilines is 2. The molecule has 1 aliphatic heterocycles. The normalized spacial score (nSPS) is 23.1. The number of ether oxygens (including phenoxy) is 1. The number of nitrogens with one attached hydrogen (secondary N) is 2. The van der Waals surface area contributed by atoms with Gasteiger partial charge in [-0.3, -0.25) is 4.79 Å². The number of nitrogens with zero attached hydrogens (tertiary/aromatic N) is 4. The van der Waals surface area contributed by atoms with Crippen LogP contribution in [-0.4, -0.2) is 51.0 Å². The minimum Gasteiger partial charge on any atom is -0.403 e. The summed E-state index contributed by atoms with van der Waals surface area (Å²) in [6, 6.07) is 2.76. The molecule has 1 saturated carbocycles. The highest BCUT2D eigenvalue weighted by molar-refractivity contribution is 6.02. The van der Waals surface area contributed by atoms with Crippen molar-refractivity contribution in [2.45, 2.75) is 58.5 Å². The Labute approximate surface area is 192 Å². The summed E-state index contributed by atoms with van der Waals surface area (Å²) in [5.41, 5.74) is 8.31. The number of rotatable bonds is 6. The zero-order valence-electron chi connectivity index (χ0n) is 19.3. The van der Waals surface area contributed by atoms with Crippen molar-refractivity contribution in [2.24, 2.45) is 17.1 Å². The third kappa shape index (κ3) is 4.03. The first-order valence-corrected chi connectivity index (χ1v) is 11.6. The molecular formula is C23H31N7O3. The Bertz CT molecular complexity index is 1160. The van der Waals surface area contributed by atoms with E-state index in [4.69, 9.17) is 14.9 Å². The second-order valence-corrected chi connectivity index (χ2v) is 9.80. The van der Waals surface area contributed by atoms with Crippen LogP contribution in [0.3, 0.4) is 0 Å². The van der Waals surface area contributed by atoms with Crippen molar-refractivity contribution in [1.82, 2.24) is 19.8 Å². The fourth-order valence-corrected chi connectivity index (χ4v) is 4.86. The molecule has 0 spiro atoms. The van der Waals surface area contributed by atoms with Crippen LogP contribution in [-0.2, 0) is 4.74 Å². The largest absolute Gasteiger partial charge is 0.403 e. The third-order valence-electron chi connectivity index (χ3n) is 7.50. The molecule has 4 heterocycles. The predicted molar refractivity (Wildman–Crippen MR) is 124 cm³/mol. The summed E-state index contributed by atoms with van der Waals surface area (Å²) in [7, 11) is 0. The van der Waals surface area contributed by atoms with Crippen LogP contribution >= 0.6 is 0 Å². The maximum atomic E-state index is 12.2. The van der Waals surface area contributed by atoms with E-state index >= 15 is 0 Å². The van der Waals surface area contributed by atoms with Crippen LogP contribution in [0.15, 0.2) is 22.9 Å². The molecule has 4 N–H and O–H groups in total. The van der Waals surface area contributed by atoms with Gasteiger partial charge in [-0.2, -0.15) is 5.10 Å². The number of primary amides is 1. The summed E-state index contributed by atoms with van der Waals surface area (Å²) in [5, 5.41) is 19.7. The number of fused-ring (bicyclic) bond motifs is 1. The van der Waals surface area contributed by atoms with Crippen molar-refractivity contribution in [1.29, 1.82) is 0 Å². The molecule has 33 heavy (non-hydrogen) atoms. The van der Waals surface area contributed by atoms with Gasteiger partial charge in [-0.25, -0.2) is 4.52 Å². The van der Waals surface area contributed by atoms with Gasteiger partial charge in [0.2, 0.25) is 0 Å². The van der Waals surface area contributed by atoms with E-state index in [0.717, 1.165) is 50.0 Å². The molecule has 1 saturated heterocycles. The molecule has 1 aliphatic carbocycles. The molecule has 10 heteroatoms. The van der Waals surface area contributed by atoms with E-state index in [1.54, 1.807) is 4.52 Å². The summed E-state index contributed by atoms with van der Waals surface area (Å²) in [4.78, 5) is 12.2. The topological polar surface area (TPSA) is 133 Å². The van der Waals surface area contributed by atoms with Gasteiger partial charge in [0.1, 0.15) is 0 Å². The number of amides is 1. The summed E-state index contributed by atoms with van der Waals surface area (Å²) >= 11 is 0. The van der Waals surface area contributed by atoms with Gasteiger partial charge in [0.25, 0.3) is 11.8 Å². The Morgan fingerprint density at radius 2 is 1.97 bits per heavy atom. The Morgan fingerprint density at radius 1 is 1.18 bits per heavy atom. The Hall–Kier alpha value is -3.14. The molecule has 5 rings (SSSR count). The molecule has 2 aliphatic rings. The molecular weight excluding hydrogens is 422 g/mol. The van der Waals surface area contributed by atoms with E-state index in [-0.39, 0.29) is 17.5 Å². The first-order valence-electron chi connectivity index (χ1n) is 11.6. The quantitative estimate of drug-likeness (QED) is 0.518. The van der Waals surface area contributed by atoms with Gasteiger partial charge in [0, 0.05) is 31.5 Å². The molecule has 0 radical (unpaired) electrons. The number of carbonyl (C=O) groups is 1. The highest BCUT2D eigenvalue weighted by Crippen LogP contribution is 2.44. The van der Waals surface area contributed by atoms with Crippen LogP contribution in [0, 0.1) is 11.3 Å². The lowest BCUT2D eigenvalue weighted by Gasteiger charge is -2.33. The van der Waals surface area contributed by atoms with Crippen molar-refractivity contribution in [3.05, 3.63) is 24.0 Å². The van der Waals surface area contributed by atoms with Gasteiger partial charge >= 0.3 is 6.01 Å². The van der Waals surface area contributed by atoms with Gasteiger partial charge in [-0.15, -0.1) is 5.10 Å². The number of hydrogen-bond donors (Lipinski definition) is 3. The van der Waals surface area contributed by atoms with E-state index in [2.05, 4.69) is 46.7 Å². The first-order chi connectivity index (χ1) is 15.8. The minimum atomic E-state index is -0.514. The lowest BCUT2D eigenvalue weighted by atomic mass is 9.80. The maximum absolute atomic E-state index is 12.2. The van der Waals surface area contributed by atoms with Crippen molar-refractivity contribution in [3.63, 3.8) is 0 Å². The van der Waals surface area contributed by atoms with E-state index in [0.29, 0.717) is 29.1 Å². The van der Waals surface area contributed by atoms with Crippen molar-refractivity contribution >= 4 is 23.1 Å². The molecule has 3 aromatic rings. The van der Waals surface area contributed by atoms with Gasteiger partial charge in [0.05, 0.1) is 28.5 Å². The second kappa shape index (κ2) is 8.33. The highest BCUT2D eigenvalue weighted by atomic mass is 16.5. The van der Waals surface area contributed by atoms with Crippen LogP contribution in [0.5, 0.6) is 0 Å². The van der Waals surface area contributed by atoms with Crippen molar-refractivity contribution in [2.75, 3.05) is 23.8 Å². The fraction of sp³-hybridized carbons (Fsp3) is 0.565. The second-order valence-electron chi connectivity index (χ2n) is 9.80. The molecule has 2 fully saturated rings. The van der Waals surface area contributed by atoms with Crippen LogP contribution in [0.25, 0.3) is 17.0 Å². The Kier molecular flexibility index (Phi) is 5.48. The van der Waals surface area contributed by atoms with E-state index in [9.17, 15) is 4.79 Å². The fourth-order valence-electron chi connectivity index (χ4n) is 4.86. The van der Waals surface area contributed by atoms with Crippen LogP contribution in [0.2, 0.25) is 0 Å². The van der Waals surface area contributed by atoms with Gasteiger partial charge in [-0.1, -0.05) is 25.9 Å². The van der Waals surface area contributed by atoms with E-state index in [1.165, 1.54) is 6.20 Å². The molecule has 10 nitrogen and oxygen atoms in total. The zero-order chi connectivity index (χ0) is 23.2. The van der Waals surface area contributed by atoms with E-state index < -0.39 is 5.91 Å². The van der Waals surface area contributed by atoms with Gasteiger partial charge < -0.3 is 25.5 Å². The summed E-state index contributed by atoms with van der Waals surface area (Å²) in [5.74, 6) is 0.448. The SMILES string of the molecule is CC1CCC(Nc2c(C(N)=O)cnn3cc(-c4nnc(NC5CCOCC5)o4)cc23)C1(C)C. The number of carbonyl (C=O) groups excluding carboxylic acids is 1. The number of nitrogens with two attached hydrogens (primary N) is 1. The predicted octanol–water partition coefficient (Wildman–Crippen LogP) is 3.31. The highest BCUT2D eigenvalue weighted by Gasteiger charge is 2.41. The number of aromatic nitrogens is 4. The Balaban J connectivity index is 1.46. The molecule has 3 aromatic heterocycles. The first kappa shape index (κ1) is 21.7. The molecule has 1 amide bonds. The lowest BCUT2D eigenvalue weighted by Crippen LogP contribution is -2.35. The molecule has 2 unspecified atom stereocenters. The lowest BCUT2D eigenvalue weighted by molar-refractivity contribution is 0.0899. The molecule has 0 aromatic carbocycles. The average molecular weight is 454 g/mol. The van der Waals surface area contributed by atoms with E-state index in [1.807, 2.05) is 12.3 Å². The van der Waals surface area contributed by atoms with Crippen LogP contribution < -0.4 is 16.4 Å². The van der Waals surface area contributed by atoms with Crippen LogP contribution in [0.1, 0.15) is 56.8 Å². The van der Waals surface area contributed by atoms with Gasteiger partial charge in [0.15, 0.2) is 0 Å². The van der Waals surface area contributed by atoms with Crippen molar-refractivity contribution < 1.29 is 13.9 Å². The summed E-state index contributed by atoms with van der Waals surface area (Å²) in [6.45, 7) is 8.25. The maximum Gasteiger partial charge on any atom is 0.315 e. The summed E-state index contributed by atoms with van der Waals surface area (Å²) < 4.78 is 13.0. The third-order valence-corrected chi connectivity index (χ3v) is 7.50. The number of hydrogen-bond acceptors (Lipinski definition) is 8. The Morgan fingerprint density at radius 3 is 2.67 bits per heavy atom. The summed E-state index contributed by atoms with van der Waals surface area (Å²) in [6.07, 6.45) is 7.30.